The molecule has 0 aliphatic carbocycles. The Labute approximate surface area is 109 Å². The van der Waals surface area contributed by atoms with Crippen molar-refractivity contribution >= 4 is 10.4 Å². The van der Waals surface area contributed by atoms with E-state index in [9.17, 15) is 0 Å². The van der Waals surface area contributed by atoms with Gasteiger partial charge in [-0.3, -0.25) is 8.42 Å². The van der Waals surface area contributed by atoms with Gasteiger partial charge in [0.2, 0.25) is 0 Å². The molecule has 0 aromatic carbocycles. The van der Waals surface area contributed by atoms with Gasteiger partial charge in [0.1, 0.15) is 0 Å². The maximum Gasteiger partial charge on any atom is 3.00 e. The van der Waals surface area contributed by atoms with Crippen LogP contribution in [0.3, 0.4) is 0 Å². The molecule has 0 rings (SSSR count). The standard InChI is InChI=1S/Er.H2O4S.8H2O/c;1-5(2,3)4;;;;;;;;/h;(H2,1,2,3,4);8*1H2/q+3;;;;;;;;;/p-2. The van der Waals surface area contributed by atoms with Crippen LogP contribution in [0, 0.1) is 37.3 Å². The third-order valence-corrected chi connectivity index (χ3v) is 0. The molecule has 0 unspecified atom stereocenters. The van der Waals surface area contributed by atoms with E-state index in [2.05, 4.69) is 0 Å². The van der Waals surface area contributed by atoms with Crippen LogP contribution in [0.25, 0.3) is 0 Å². The minimum Gasteiger partial charge on any atom is -0.759 e. The summed E-state index contributed by atoms with van der Waals surface area (Å²) in [6.07, 6.45) is 0. The van der Waals surface area contributed by atoms with Crippen LogP contribution in [0.5, 0.6) is 0 Å². The Bertz CT molecular complexity index is 93.5. The fourth-order valence-corrected chi connectivity index (χ4v) is 0. The van der Waals surface area contributed by atoms with Gasteiger partial charge in [-0.1, -0.05) is 0 Å². The van der Waals surface area contributed by atoms with Gasteiger partial charge in [0.15, 0.2) is 0 Å². The van der Waals surface area contributed by atoms with E-state index in [1.807, 2.05) is 0 Å². The summed E-state index contributed by atoms with van der Waals surface area (Å²) in [4.78, 5) is 0. The van der Waals surface area contributed by atoms with Crippen LogP contribution in [0.4, 0.5) is 0 Å². The van der Waals surface area contributed by atoms with Gasteiger partial charge in [-0.2, -0.15) is 0 Å². The summed E-state index contributed by atoms with van der Waals surface area (Å²) in [6.45, 7) is 0. The van der Waals surface area contributed by atoms with E-state index in [4.69, 9.17) is 17.5 Å². The molecule has 0 atom stereocenters. The van der Waals surface area contributed by atoms with Crippen LogP contribution in [-0.2, 0) is 10.4 Å². The predicted octanol–water partition coefficient (Wildman–Crippen LogP) is -7.94. The number of rotatable bonds is 0. The Balaban J connectivity index is -0.00000000222. The Kier molecular flexibility index (Phi) is 428. The molecule has 0 aromatic heterocycles. The normalized spacial score (nSPS) is 4.14. The molecule has 0 aliphatic rings. The first-order chi connectivity index (χ1) is 2.00. The summed E-state index contributed by atoms with van der Waals surface area (Å²) in [6, 6.07) is 0. The Morgan fingerprint density at radius 2 is 0.571 bits per heavy atom. The van der Waals surface area contributed by atoms with Gasteiger partial charge in [0.25, 0.3) is 0 Å². The Morgan fingerprint density at radius 3 is 0.571 bits per heavy atom. The SMILES string of the molecule is O.O.O.O.O.O.O.O.O=S(=O)([O-])[O-].[Er+3]. The molecule has 0 saturated heterocycles. The number of hydrogen-bond donors (Lipinski definition) is 0. The van der Waals surface area contributed by atoms with Crippen molar-refractivity contribution in [3.05, 3.63) is 0 Å². The van der Waals surface area contributed by atoms with E-state index in [0.29, 0.717) is 0 Å². The molecule has 0 bridgehead atoms. The quantitative estimate of drug-likeness (QED) is 0.278. The van der Waals surface area contributed by atoms with Gasteiger partial charge in [0.05, 0.1) is 0 Å². The van der Waals surface area contributed by atoms with Gasteiger partial charge in [-0.25, -0.2) is 0 Å². The number of hydrogen-bond acceptors (Lipinski definition) is 4. The molecule has 105 valence electrons. The topological polar surface area (TPSA) is 332 Å². The first-order valence-corrected chi connectivity index (χ1v) is 2.00. The molecule has 1 radical (unpaired) electrons. The van der Waals surface area contributed by atoms with Crippen LogP contribution < -0.4 is 0 Å². The van der Waals surface area contributed by atoms with Crippen molar-refractivity contribution in [1.29, 1.82) is 0 Å². The second-order valence-electron chi connectivity index (χ2n) is 0.408. The van der Waals surface area contributed by atoms with Gasteiger partial charge < -0.3 is 52.9 Å². The molecule has 16 N–H and O–H groups in total. The second kappa shape index (κ2) is 48.9. The minimum atomic E-state index is -5.17. The Hall–Kier alpha value is 0.797. The van der Waals surface area contributed by atoms with E-state index in [1.54, 1.807) is 0 Å². The third-order valence-electron chi connectivity index (χ3n) is 0. The third kappa shape index (κ3) is 2810. The van der Waals surface area contributed by atoms with Crippen LogP contribution in [0.1, 0.15) is 0 Å². The first-order valence-electron chi connectivity index (χ1n) is 0.667. The maximum absolute atomic E-state index is 8.52. The van der Waals surface area contributed by atoms with Crippen molar-refractivity contribution in [3.63, 3.8) is 0 Å². The molecule has 0 aromatic rings. The van der Waals surface area contributed by atoms with Crippen molar-refractivity contribution in [1.82, 2.24) is 0 Å². The van der Waals surface area contributed by atoms with Gasteiger partial charge in [0, 0.05) is 10.4 Å². The molecule has 14 heavy (non-hydrogen) atoms. The maximum atomic E-state index is 8.52. The average Bonchev–Trinajstić information content (AvgIpc) is 0.722. The van der Waals surface area contributed by atoms with Gasteiger partial charge in [-0.05, 0) is 0 Å². The van der Waals surface area contributed by atoms with Crippen molar-refractivity contribution in [3.8, 4) is 0 Å². The van der Waals surface area contributed by atoms with Crippen molar-refractivity contribution < 1.29 is 98.6 Å². The van der Waals surface area contributed by atoms with Crippen molar-refractivity contribution in [2.75, 3.05) is 0 Å². The van der Waals surface area contributed by atoms with Crippen LogP contribution >= 0.6 is 0 Å². The average molecular weight is 407 g/mol. The van der Waals surface area contributed by atoms with E-state index in [-0.39, 0.29) is 81.1 Å². The molecule has 0 saturated carbocycles. The summed E-state index contributed by atoms with van der Waals surface area (Å²) < 4.78 is 34.1. The van der Waals surface area contributed by atoms with Crippen LogP contribution in [0.15, 0.2) is 0 Å². The summed E-state index contributed by atoms with van der Waals surface area (Å²) in [5.74, 6) is 0. The summed E-state index contributed by atoms with van der Waals surface area (Å²) >= 11 is 0. The van der Waals surface area contributed by atoms with Crippen LogP contribution in [0.2, 0.25) is 0 Å². The molecular weight excluding hydrogens is 391 g/mol. The molecule has 0 fully saturated rings. The summed E-state index contributed by atoms with van der Waals surface area (Å²) in [5.41, 5.74) is 0. The summed E-state index contributed by atoms with van der Waals surface area (Å²) in [5, 5.41) is 0. The molecule has 14 heteroatoms. The zero-order valence-electron chi connectivity index (χ0n) is 6.33. The molecule has 0 aliphatic heterocycles. The molecular formula is H16ErO12S+. The van der Waals surface area contributed by atoms with E-state index in [1.165, 1.54) is 0 Å². The molecule has 0 spiro atoms. The Morgan fingerprint density at radius 1 is 0.571 bits per heavy atom. The predicted molar refractivity (Wildman–Crippen MR) is 39.4 cm³/mol. The van der Waals surface area contributed by atoms with Gasteiger partial charge >= 0.3 is 37.3 Å². The largest absolute Gasteiger partial charge is 3.00 e. The molecule has 0 amide bonds. The van der Waals surface area contributed by atoms with E-state index in [0.717, 1.165) is 0 Å². The van der Waals surface area contributed by atoms with E-state index >= 15 is 0 Å². The zero-order valence-corrected chi connectivity index (χ0v) is 9.00. The second-order valence-corrected chi connectivity index (χ2v) is 1.22. The summed E-state index contributed by atoms with van der Waals surface area (Å²) in [7, 11) is -5.17. The smallest absolute Gasteiger partial charge is 0.759 e. The first kappa shape index (κ1) is 122. The minimum absolute atomic E-state index is 0. The van der Waals surface area contributed by atoms with Crippen molar-refractivity contribution in [2.24, 2.45) is 0 Å². The van der Waals surface area contributed by atoms with E-state index < -0.39 is 10.4 Å². The monoisotopic (exact) mass is 406 g/mol. The molecule has 0 heterocycles. The molecule has 12 nitrogen and oxygen atoms in total. The van der Waals surface area contributed by atoms with Crippen LogP contribution in [-0.4, -0.2) is 61.3 Å². The van der Waals surface area contributed by atoms with Gasteiger partial charge in [-0.15, -0.1) is 0 Å². The zero-order chi connectivity index (χ0) is 4.50. The van der Waals surface area contributed by atoms with Crippen molar-refractivity contribution in [2.45, 2.75) is 0 Å². The fourth-order valence-electron chi connectivity index (χ4n) is 0. The fraction of sp³-hybridized carbons (Fsp3) is 0.